The maximum absolute atomic E-state index is 13.2. The molecule has 114 valence electrons. The summed E-state index contributed by atoms with van der Waals surface area (Å²) in [5.74, 6) is 1.66. The van der Waals surface area contributed by atoms with Gasteiger partial charge in [0.15, 0.2) is 0 Å². The van der Waals surface area contributed by atoms with Gasteiger partial charge in [0.2, 0.25) is 0 Å². The Labute approximate surface area is 129 Å². The maximum Gasteiger partial charge on any atom is 0.131 e. The molecule has 2 rings (SSSR count). The molecular formula is C16H21ClFN3. The summed E-state index contributed by atoms with van der Waals surface area (Å²) in [6, 6.07) is 4.30. The molecule has 0 saturated carbocycles. The fourth-order valence-corrected chi connectivity index (χ4v) is 2.63. The highest BCUT2D eigenvalue weighted by molar-refractivity contribution is 6.33. The van der Waals surface area contributed by atoms with Crippen LogP contribution in [-0.2, 0) is 13.0 Å². The van der Waals surface area contributed by atoms with Crippen molar-refractivity contribution in [1.82, 2.24) is 9.55 Å². The van der Waals surface area contributed by atoms with Crippen molar-refractivity contribution in [1.29, 1.82) is 0 Å². The number of aromatic nitrogens is 2. The molecular weight excluding hydrogens is 289 g/mol. The first-order valence-electron chi connectivity index (χ1n) is 7.24. The van der Waals surface area contributed by atoms with E-state index in [1.165, 1.54) is 12.1 Å². The molecule has 2 N–H and O–H groups in total. The number of benzene rings is 1. The number of nitrogens with two attached hydrogens (primary N) is 1. The largest absolute Gasteiger partial charge is 0.383 e. The molecule has 0 aliphatic carbocycles. The molecule has 0 spiro atoms. The number of anilines is 1. The number of imidazole rings is 1. The molecule has 0 radical (unpaired) electrons. The Morgan fingerprint density at radius 1 is 1.38 bits per heavy atom. The van der Waals surface area contributed by atoms with E-state index in [-0.39, 0.29) is 5.82 Å². The van der Waals surface area contributed by atoms with Crippen LogP contribution in [0.25, 0.3) is 11.3 Å². The molecule has 1 aromatic carbocycles. The zero-order valence-electron chi connectivity index (χ0n) is 12.7. The van der Waals surface area contributed by atoms with Crippen molar-refractivity contribution in [2.75, 3.05) is 5.73 Å². The van der Waals surface area contributed by atoms with Gasteiger partial charge >= 0.3 is 0 Å². The van der Waals surface area contributed by atoms with E-state index in [0.29, 0.717) is 28.0 Å². The number of rotatable bonds is 5. The molecule has 1 heterocycles. The number of halogens is 2. The molecule has 0 fully saturated rings. The van der Waals surface area contributed by atoms with Crippen LogP contribution in [0.2, 0.25) is 5.02 Å². The van der Waals surface area contributed by atoms with E-state index < -0.39 is 0 Å². The summed E-state index contributed by atoms with van der Waals surface area (Å²) in [5.41, 5.74) is 7.59. The van der Waals surface area contributed by atoms with Gasteiger partial charge in [-0.05, 0) is 30.5 Å². The van der Waals surface area contributed by atoms with Crippen LogP contribution >= 0.6 is 11.6 Å². The molecule has 0 bridgehead atoms. The Morgan fingerprint density at radius 3 is 2.67 bits per heavy atom. The van der Waals surface area contributed by atoms with Gasteiger partial charge in [0.05, 0.1) is 5.02 Å². The van der Waals surface area contributed by atoms with Gasteiger partial charge in [-0.15, -0.1) is 0 Å². The first-order chi connectivity index (χ1) is 9.93. The molecule has 0 atom stereocenters. The molecule has 0 aliphatic heterocycles. The van der Waals surface area contributed by atoms with Crippen molar-refractivity contribution in [3.8, 4) is 11.3 Å². The first-order valence-corrected chi connectivity index (χ1v) is 7.62. The van der Waals surface area contributed by atoms with Crippen molar-refractivity contribution in [2.24, 2.45) is 5.92 Å². The van der Waals surface area contributed by atoms with E-state index in [4.69, 9.17) is 17.3 Å². The summed E-state index contributed by atoms with van der Waals surface area (Å²) in [6.07, 6.45) is 1.85. The molecule has 2 aromatic rings. The van der Waals surface area contributed by atoms with Crippen LogP contribution in [0.15, 0.2) is 18.2 Å². The van der Waals surface area contributed by atoms with Gasteiger partial charge in [-0.25, -0.2) is 9.37 Å². The number of nitrogens with zero attached hydrogens (tertiary/aromatic N) is 2. The smallest absolute Gasteiger partial charge is 0.131 e. The van der Waals surface area contributed by atoms with E-state index in [9.17, 15) is 4.39 Å². The number of aryl methyl sites for hydroxylation is 1. The molecule has 0 aliphatic rings. The third-order valence-corrected chi connectivity index (χ3v) is 3.61. The van der Waals surface area contributed by atoms with Gasteiger partial charge < -0.3 is 10.3 Å². The zero-order chi connectivity index (χ0) is 15.6. The average Bonchev–Trinajstić information content (AvgIpc) is 2.68. The fraction of sp³-hybridized carbons (Fsp3) is 0.438. The van der Waals surface area contributed by atoms with Crippen molar-refractivity contribution >= 4 is 17.4 Å². The summed E-state index contributed by atoms with van der Waals surface area (Å²) in [6.45, 7) is 7.20. The predicted molar refractivity (Wildman–Crippen MR) is 85.9 cm³/mol. The lowest BCUT2D eigenvalue weighted by Gasteiger charge is -2.12. The van der Waals surface area contributed by atoms with Crippen LogP contribution < -0.4 is 5.73 Å². The highest BCUT2D eigenvalue weighted by atomic mass is 35.5. The zero-order valence-corrected chi connectivity index (χ0v) is 13.4. The van der Waals surface area contributed by atoms with Gasteiger partial charge in [0.25, 0.3) is 0 Å². The van der Waals surface area contributed by atoms with E-state index >= 15 is 0 Å². The number of nitrogen functional groups attached to an aromatic ring is 1. The Kier molecular flexibility index (Phi) is 4.88. The molecule has 5 heteroatoms. The summed E-state index contributed by atoms with van der Waals surface area (Å²) in [7, 11) is 0. The summed E-state index contributed by atoms with van der Waals surface area (Å²) in [4.78, 5) is 4.64. The molecule has 0 saturated heterocycles. The second-order valence-corrected chi connectivity index (χ2v) is 6.05. The van der Waals surface area contributed by atoms with Crippen molar-refractivity contribution in [3.05, 3.63) is 34.9 Å². The number of hydrogen-bond acceptors (Lipinski definition) is 2. The lowest BCUT2D eigenvalue weighted by molar-refractivity contribution is 0.510. The summed E-state index contributed by atoms with van der Waals surface area (Å²) in [5, 5.41) is 0.332. The van der Waals surface area contributed by atoms with E-state index in [0.717, 1.165) is 25.2 Å². The molecule has 0 unspecified atom stereocenters. The van der Waals surface area contributed by atoms with E-state index in [1.807, 2.05) is 4.57 Å². The molecule has 21 heavy (non-hydrogen) atoms. The lowest BCUT2D eigenvalue weighted by Crippen LogP contribution is -2.11. The van der Waals surface area contributed by atoms with Gasteiger partial charge in [-0.2, -0.15) is 0 Å². The quantitative estimate of drug-likeness (QED) is 0.881. The van der Waals surface area contributed by atoms with Gasteiger partial charge in [-0.3, -0.25) is 0 Å². The second-order valence-electron chi connectivity index (χ2n) is 5.64. The third-order valence-electron chi connectivity index (χ3n) is 3.29. The van der Waals surface area contributed by atoms with E-state index in [1.54, 1.807) is 6.07 Å². The highest BCUT2D eigenvalue weighted by Crippen LogP contribution is 2.33. The lowest BCUT2D eigenvalue weighted by atomic mass is 10.1. The standard InChI is InChI=1S/C16H21ClFN3/c1-4-5-14-20-15(16(19)21(14)9-10(2)3)12-7-6-11(18)8-13(12)17/h6-8,10H,4-5,9,19H2,1-3H3. The third kappa shape index (κ3) is 3.38. The fourth-order valence-electron chi connectivity index (χ4n) is 2.38. The Bertz CT molecular complexity index is 635. The van der Waals surface area contributed by atoms with Crippen LogP contribution in [-0.4, -0.2) is 9.55 Å². The maximum atomic E-state index is 13.2. The minimum Gasteiger partial charge on any atom is -0.383 e. The van der Waals surface area contributed by atoms with Crippen molar-refractivity contribution < 1.29 is 4.39 Å². The highest BCUT2D eigenvalue weighted by Gasteiger charge is 2.18. The van der Waals surface area contributed by atoms with Crippen LogP contribution in [0.4, 0.5) is 10.2 Å². The normalized spacial score (nSPS) is 11.3. The van der Waals surface area contributed by atoms with Crippen LogP contribution in [0.1, 0.15) is 33.0 Å². The Hall–Kier alpha value is -1.55. The van der Waals surface area contributed by atoms with Crippen molar-refractivity contribution in [2.45, 2.75) is 40.2 Å². The average molecular weight is 310 g/mol. The minimum absolute atomic E-state index is 0.332. The SMILES string of the molecule is CCCc1nc(-c2ccc(F)cc2Cl)c(N)n1CC(C)C. The molecule has 3 nitrogen and oxygen atoms in total. The van der Waals surface area contributed by atoms with Gasteiger partial charge in [-0.1, -0.05) is 32.4 Å². The monoisotopic (exact) mass is 309 g/mol. The number of hydrogen-bond donors (Lipinski definition) is 1. The topological polar surface area (TPSA) is 43.8 Å². The Morgan fingerprint density at radius 2 is 2.10 bits per heavy atom. The van der Waals surface area contributed by atoms with Crippen LogP contribution in [0.3, 0.4) is 0 Å². The second kappa shape index (κ2) is 6.48. The van der Waals surface area contributed by atoms with Crippen molar-refractivity contribution in [3.63, 3.8) is 0 Å². The predicted octanol–water partition coefficient (Wildman–Crippen LogP) is 4.53. The van der Waals surface area contributed by atoms with Gasteiger partial charge in [0, 0.05) is 18.5 Å². The molecule has 0 amide bonds. The van der Waals surface area contributed by atoms with Gasteiger partial charge in [0.1, 0.15) is 23.2 Å². The Balaban J connectivity index is 2.53. The summed E-state index contributed by atoms with van der Waals surface area (Å²) < 4.78 is 15.2. The molecule has 1 aromatic heterocycles. The van der Waals surface area contributed by atoms with Crippen LogP contribution in [0, 0.1) is 11.7 Å². The minimum atomic E-state index is -0.363. The first kappa shape index (κ1) is 15.8. The van der Waals surface area contributed by atoms with Crippen LogP contribution in [0.5, 0.6) is 0 Å². The summed E-state index contributed by atoms with van der Waals surface area (Å²) >= 11 is 6.14. The van der Waals surface area contributed by atoms with E-state index in [2.05, 4.69) is 25.8 Å².